The number of aryl methyl sites for hydroxylation is 1. The molecule has 0 atom stereocenters. The van der Waals surface area contributed by atoms with E-state index in [4.69, 9.17) is 4.74 Å². The number of allylic oxidation sites excluding steroid dienone is 1. The molecule has 0 fully saturated rings. The van der Waals surface area contributed by atoms with Crippen molar-refractivity contribution < 1.29 is 9.53 Å². The minimum atomic E-state index is -0.214. The fourth-order valence-corrected chi connectivity index (χ4v) is 1.89. The molecule has 1 aromatic carbocycles. The van der Waals surface area contributed by atoms with Gasteiger partial charge < -0.3 is 4.74 Å². The van der Waals surface area contributed by atoms with E-state index in [0.29, 0.717) is 6.61 Å². The molecule has 0 aliphatic rings. The molecule has 0 bridgehead atoms. The zero-order valence-corrected chi connectivity index (χ0v) is 11.3. The van der Waals surface area contributed by atoms with Crippen LogP contribution in [0.1, 0.15) is 38.7 Å². The second-order valence-corrected chi connectivity index (χ2v) is 4.29. The molecule has 0 aromatic heterocycles. The van der Waals surface area contributed by atoms with Gasteiger partial charge in [-0.25, -0.2) is 4.79 Å². The average molecular weight is 246 g/mol. The first-order valence-electron chi connectivity index (χ1n) is 6.66. The van der Waals surface area contributed by atoms with E-state index in [9.17, 15) is 4.79 Å². The summed E-state index contributed by atoms with van der Waals surface area (Å²) in [4.78, 5) is 11.4. The van der Waals surface area contributed by atoms with E-state index in [2.05, 4.69) is 19.1 Å². The lowest BCUT2D eigenvalue weighted by Crippen LogP contribution is -2.02. The van der Waals surface area contributed by atoms with Crippen LogP contribution in [0, 0.1) is 0 Å². The molecule has 0 saturated carbocycles. The quantitative estimate of drug-likeness (QED) is 0.538. The largest absolute Gasteiger partial charge is 0.463 e. The summed E-state index contributed by atoms with van der Waals surface area (Å²) in [5.74, 6) is -0.214. The number of carbonyl (C=O) groups is 1. The highest BCUT2D eigenvalue weighted by Crippen LogP contribution is 2.14. The van der Waals surface area contributed by atoms with Crippen LogP contribution in [0.25, 0.3) is 0 Å². The zero-order chi connectivity index (χ0) is 13.2. The van der Waals surface area contributed by atoms with Gasteiger partial charge in [0, 0.05) is 6.08 Å². The van der Waals surface area contributed by atoms with Crippen LogP contribution >= 0.6 is 0 Å². The molecule has 0 unspecified atom stereocenters. The summed E-state index contributed by atoms with van der Waals surface area (Å²) in [6.45, 7) is 4.39. The Balaban J connectivity index is 2.55. The first-order chi connectivity index (χ1) is 8.76. The van der Waals surface area contributed by atoms with Crippen LogP contribution in [0.5, 0.6) is 0 Å². The minimum Gasteiger partial charge on any atom is -0.463 e. The van der Waals surface area contributed by atoms with E-state index in [0.717, 1.165) is 25.7 Å². The highest BCUT2D eigenvalue weighted by molar-refractivity contribution is 5.82. The number of carbonyl (C=O) groups excluding carboxylic acids is 1. The smallest absolute Gasteiger partial charge is 0.330 e. The Bertz CT molecular complexity index is 379. The summed E-state index contributed by atoms with van der Waals surface area (Å²) in [6.07, 6.45) is 5.59. The molecule has 0 aliphatic carbocycles. The molecular weight excluding hydrogens is 224 g/mol. The zero-order valence-electron chi connectivity index (χ0n) is 11.3. The highest BCUT2D eigenvalue weighted by atomic mass is 16.5. The van der Waals surface area contributed by atoms with Gasteiger partial charge in [-0.1, -0.05) is 49.2 Å². The van der Waals surface area contributed by atoms with Crippen molar-refractivity contribution in [1.82, 2.24) is 0 Å². The maximum atomic E-state index is 11.4. The van der Waals surface area contributed by atoms with Gasteiger partial charge in [0.05, 0.1) is 6.61 Å². The Morgan fingerprint density at radius 1 is 1.17 bits per heavy atom. The highest BCUT2D eigenvalue weighted by Gasteiger charge is 2.03. The fourth-order valence-electron chi connectivity index (χ4n) is 1.89. The van der Waals surface area contributed by atoms with E-state index >= 15 is 0 Å². The molecule has 0 saturated heterocycles. The lowest BCUT2D eigenvalue weighted by molar-refractivity contribution is -0.137. The monoisotopic (exact) mass is 246 g/mol. The Morgan fingerprint density at radius 2 is 1.89 bits per heavy atom. The van der Waals surface area contributed by atoms with Gasteiger partial charge in [-0.2, -0.15) is 0 Å². The van der Waals surface area contributed by atoms with E-state index in [1.165, 1.54) is 11.1 Å². The normalized spacial score (nSPS) is 11.3. The van der Waals surface area contributed by atoms with Crippen LogP contribution in [0.15, 0.2) is 42.0 Å². The molecule has 98 valence electrons. The summed E-state index contributed by atoms with van der Waals surface area (Å²) in [5.41, 5.74) is 2.49. The first kappa shape index (κ1) is 14.5. The lowest BCUT2D eigenvalue weighted by atomic mass is 10.0. The fraction of sp³-hybridized carbons (Fsp3) is 0.438. The third kappa shape index (κ3) is 5.67. The molecule has 2 heteroatoms. The maximum Gasteiger partial charge on any atom is 0.330 e. The molecule has 0 heterocycles. The molecule has 0 aliphatic heterocycles. The van der Waals surface area contributed by atoms with Crippen molar-refractivity contribution in [2.75, 3.05) is 6.61 Å². The van der Waals surface area contributed by atoms with Gasteiger partial charge in [-0.15, -0.1) is 0 Å². The van der Waals surface area contributed by atoms with Gasteiger partial charge >= 0.3 is 5.97 Å². The van der Waals surface area contributed by atoms with Crippen molar-refractivity contribution in [1.29, 1.82) is 0 Å². The number of benzene rings is 1. The number of ether oxygens (including phenoxy) is 1. The molecule has 18 heavy (non-hydrogen) atoms. The Hall–Kier alpha value is -1.57. The number of rotatable bonds is 7. The lowest BCUT2D eigenvalue weighted by Gasteiger charge is -2.06. The third-order valence-corrected chi connectivity index (χ3v) is 2.76. The molecule has 1 aromatic rings. The van der Waals surface area contributed by atoms with E-state index < -0.39 is 0 Å². The Morgan fingerprint density at radius 3 is 2.50 bits per heavy atom. The first-order valence-corrected chi connectivity index (χ1v) is 6.66. The van der Waals surface area contributed by atoms with E-state index in [1.54, 1.807) is 6.08 Å². The van der Waals surface area contributed by atoms with Crippen LogP contribution in [-0.4, -0.2) is 12.6 Å². The van der Waals surface area contributed by atoms with Crippen LogP contribution in [0.3, 0.4) is 0 Å². The van der Waals surface area contributed by atoms with Crippen LogP contribution in [0.2, 0.25) is 0 Å². The van der Waals surface area contributed by atoms with Crippen molar-refractivity contribution in [3.63, 3.8) is 0 Å². The summed E-state index contributed by atoms with van der Waals surface area (Å²) in [6, 6.07) is 10.3. The molecule has 0 spiro atoms. The van der Waals surface area contributed by atoms with Crippen molar-refractivity contribution >= 4 is 5.97 Å². The van der Waals surface area contributed by atoms with Gasteiger partial charge in [0.15, 0.2) is 0 Å². The van der Waals surface area contributed by atoms with Crippen molar-refractivity contribution in [2.45, 2.75) is 39.5 Å². The average Bonchev–Trinajstić information content (AvgIpc) is 2.38. The predicted molar refractivity (Wildman–Crippen MR) is 74.4 cm³/mol. The van der Waals surface area contributed by atoms with E-state index in [1.807, 2.05) is 25.1 Å². The SMILES string of the molecule is CCC/C(=C/C(=O)OCC)CCc1ccccc1. The van der Waals surface area contributed by atoms with E-state index in [-0.39, 0.29) is 5.97 Å². The van der Waals surface area contributed by atoms with Crippen molar-refractivity contribution in [3.05, 3.63) is 47.5 Å². The summed E-state index contributed by atoms with van der Waals surface area (Å²) in [7, 11) is 0. The van der Waals surface area contributed by atoms with Gasteiger partial charge in [0.1, 0.15) is 0 Å². The Kier molecular flexibility index (Phi) is 6.85. The standard InChI is InChI=1S/C16H22O2/c1-3-8-15(13-16(17)18-4-2)12-11-14-9-6-5-7-10-14/h5-7,9-10,13H,3-4,8,11-12H2,1-2H3/b15-13-. The third-order valence-electron chi connectivity index (χ3n) is 2.76. The second kappa shape index (κ2) is 8.51. The van der Waals surface area contributed by atoms with Gasteiger partial charge in [0.25, 0.3) is 0 Å². The summed E-state index contributed by atoms with van der Waals surface area (Å²) < 4.78 is 4.96. The predicted octanol–water partition coefficient (Wildman–Crippen LogP) is 3.91. The Labute approximate surface area is 110 Å². The van der Waals surface area contributed by atoms with Crippen molar-refractivity contribution in [3.8, 4) is 0 Å². The van der Waals surface area contributed by atoms with Crippen LogP contribution in [-0.2, 0) is 16.0 Å². The topological polar surface area (TPSA) is 26.3 Å². The van der Waals surface area contributed by atoms with Crippen LogP contribution in [0.4, 0.5) is 0 Å². The molecule has 0 amide bonds. The number of esters is 1. The van der Waals surface area contributed by atoms with Gasteiger partial charge in [0.2, 0.25) is 0 Å². The van der Waals surface area contributed by atoms with Gasteiger partial charge in [-0.05, 0) is 31.7 Å². The van der Waals surface area contributed by atoms with Crippen LogP contribution < -0.4 is 0 Å². The molecule has 1 rings (SSSR count). The van der Waals surface area contributed by atoms with Gasteiger partial charge in [-0.3, -0.25) is 0 Å². The maximum absolute atomic E-state index is 11.4. The molecular formula is C16H22O2. The number of hydrogen-bond acceptors (Lipinski definition) is 2. The molecule has 0 radical (unpaired) electrons. The second-order valence-electron chi connectivity index (χ2n) is 4.29. The summed E-state index contributed by atoms with van der Waals surface area (Å²) in [5, 5.41) is 0. The molecule has 0 N–H and O–H groups in total. The molecule has 2 nitrogen and oxygen atoms in total. The minimum absolute atomic E-state index is 0.214. The van der Waals surface area contributed by atoms with Crippen molar-refractivity contribution in [2.24, 2.45) is 0 Å². The summed E-state index contributed by atoms with van der Waals surface area (Å²) >= 11 is 0. The number of hydrogen-bond donors (Lipinski definition) is 0.